The van der Waals surface area contributed by atoms with Gasteiger partial charge in [0.25, 0.3) is 0 Å². The van der Waals surface area contributed by atoms with Crippen molar-refractivity contribution in [2.24, 2.45) is 0 Å². The number of hydrogen-bond acceptors (Lipinski definition) is 4. The number of anilines is 2. The molecule has 4 rings (SSSR count). The number of hydrogen-bond donors (Lipinski definition) is 1. The third-order valence-electron chi connectivity index (χ3n) is 4.92. The first kappa shape index (κ1) is 19.4. The Morgan fingerprint density at radius 2 is 1.97 bits per heavy atom. The first-order valence-corrected chi connectivity index (χ1v) is 9.98. The van der Waals surface area contributed by atoms with E-state index in [9.17, 15) is 18.0 Å². The summed E-state index contributed by atoms with van der Waals surface area (Å²) in [5, 5.41) is 3.21. The Morgan fingerprint density at radius 1 is 1.17 bits per heavy atom. The molecule has 4 nitrogen and oxygen atoms in total. The third-order valence-corrected chi connectivity index (χ3v) is 5.70. The number of halogens is 3. The van der Waals surface area contributed by atoms with Gasteiger partial charge in [0, 0.05) is 35.5 Å². The molecule has 0 unspecified atom stereocenters. The van der Waals surface area contributed by atoms with Crippen molar-refractivity contribution in [1.29, 1.82) is 0 Å². The number of nitrogens with zero attached hydrogens (tertiary/aromatic N) is 2. The van der Waals surface area contributed by atoms with Crippen LogP contribution in [0.1, 0.15) is 21.6 Å². The monoisotopic (exact) mass is 417 g/mol. The van der Waals surface area contributed by atoms with Crippen LogP contribution in [-0.2, 0) is 30.4 Å². The molecule has 0 spiro atoms. The van der Waals surface area contributed by atoms with E-state index in [0.717, 1.165) is 33.8 Å². The second-order valence-electron chi connectivity index (χ2n) is 6.85. The highest BCUT2D eigenvalue weighted by atomic mass is 32.1. The van der Waals surface area contributed by atoms with Gasteiger partial charge in [-0.3, -0.25) is 9.78 Å². The Bertz CT molecular complexity index is 1000. The van der Waals surface area contributed by atoms with Crippen LogP contribution in [0.3, 0.4) is 0 Å². The van der Waals surface area contributed by atoms with E-state index in [1.165, 1.54) is 23.5 Å². The number of fused-ring (bicyclic) bond motifs is 1. The zero-order valence-corrected chi connectivity index (χ0v) is 16.2. The van der Waals surface area contributed by atoms with Crippen molar-refractivity contribution < 1.29 is 18.0 Å². The lowest BCUT2D eigenvalue weighted by Gasteiger charge is -2.30. The van der Waals surface area contributed by atoms with Crippen molar-refractivity contribution in [3.05, 3.63) is 75.7 Å². The molecular formula is C21H18F3N3OS. The molecule has 1 N–H and O–H groups in total. The summed E-state index contributed by atoms with van der Waals surface area (Å²) in [5.74, 6) is 0.0704. The van der Waals surface area contributed by atoms with Crippen LogP contribution in [0.15, 0.2) is 54.2 Å². The number of benzene rings is 2. The molecule has 0 atom stereocenters. The third kappa shape index (κ3) is 4.42. The van der Waals surface area contributed by atoms with Crippen LogP contribution in [0, 0.1) is 0 Å². The number of carbonyl (C=O) groups excluding carboxylic acids is 1. The van der Waals surface area contributed by atoms with Crippen LogP contribution >= 0.6 is 11.3 Å². The molecule has 150 valence electrons. The summed E-state index contributed by atoms with van der Waals surface area (Å²) in [6.07, 6.45) is -1.59. The highest BCUT2D eigenvalue weighted by Crippen LogP contribution is 2.32. The average molecular weight is 417 g/mol. The smallest absolute Gasteiger partial charge is 0.355 e. The number of rotatable bonds is 4. The van der Waals surface area contributed by atoms with Crippen molar-refractivity contribution in [3.8, 4) is 0 Å². The van der Waals surface area contributed by atoms with Gasteiger partial charge in [-0.15, -0.1) is 11.3 Å². The van der Waals surface area contributed by atoms with Crippen molar-refractivity contribution in [2.75, 3.05) is 11.9 Å². The van der Waals surface area contributed by atoms with Crippen LogP contribution in [0.2, 0.25) is 0 Å². The van der Waals surface area contributed by atoms with Crippen molar-refractivity contribution in [3.63, 3.8) is 0 Å². The fourth-order valence-electron chi connectivity index (χ4n) is 3.43. The van der Waals surface area contributed by atoms with E-state index in [1.54, 1.807) is 11.7 Å². The summed E-state index contributed by atoms with van der Waals surface area (Å²) in [6.45, 7) is 1.13. The first-order valence-electron chi connectivity index (χ1n) is 9.10. The topological polar surface area (TPSA) is 45.2 Å². The largest absolute Gasteiger partial charge is 0.416 e. The average Bonchev–Trinajstić information content (AvgIpc) is 3.20. The fraction of sp³-hybridized carbons (Fsp3) is 0.238. The molecule has 0 fully saturated rings. The first-order chi connectivity index (χ1) is 13.9. The Labute approximate surface area is 170 Å². The molecule has 2 aromatic carbocycles. The van der Waals surface area contributed by atoms with Gasteiger partial charge >= 0.3 is 6.18 Å². The number of thiazole rings is 1. The van der Waals surface area contributed by atoms with Crippen LogP contribution in [0.4, 0.5) is 24.5 Å². The molecule has 0 bridgehead atoms. The molecule has 2 heterocycles. The van der Waals surface area contributed by atoms with Gasteiger partial charge in [0.05, 0.1) is 17.5 Å². The predicted octanol–water partition coefficient (Wildman–Crippen LogP) is 5.03. The van der Waals surface area contributed by atoms with Gasteiger partial charge in [0.2, 0.25) is 5.91 Å². The second kappa shape index (κ2) is 7.87. The highest BCUT2D eigenvalue weighted by Gasteiger charge is 2.30. The van der Waals surface area contributed by atoms with E-state index < -0.39 is 11.7 Å². The number of alkyl halides is 3. The summed E-state index contributed by atoms with van der Waals surface area (Å²) in [6, 6.07) is 10.8. The van der Waals surface area contributed by atoms with E-state index in [0.29, 0.717) is 31.6 Å². The maximum absolute atomic E-state index is 12.7. The van der Waals surface area contributed by atoms with Gasteiger partial charge in [-0.25, -0.2) is 0 Å². The molecule has 0 radical (unpaired) electrons. The quantitative estimate of drug-likeness (QED) is 0.647. The molecule has 3 aromatic rings. The summed E-state index contributed by atoms with van der Waals surface area (Å²) < 4.78 is 38.2. The summed E-state index contributed by atoms with van der Waals surface area (Å²) in [7, 11) is 0. The molecule has 1 aliphatic heterocycles. The minimum Gasteiger partial charge on any atom is -0.355 e. The Hall–Kier alpha value is -2.87. The van der Waals surface area contributed by atoms with Crippen molar-refractivity contribution in [2.45, 2.75) is 25.6 Å². The Balaban J connectivity index is 1.47. The zero-order chi connectivity index (χ0) is 20.4. The van der Waals surface area contributed by atoms with Crippen molar-refractivity contribution in [1.82, 2.24) is 9.88 Å². The summed E-state index contributed by atoms with van der Waals surface area (Å²) in [4.78, 5) is 19.3. The molecule has 1 aliphatic rings. The molecular weight excluding hydrogens is 399 g/mol. The number of nitrogens with one attached hydrogen (secondary N) is 1. The summed E-state index contributed by atoms with van der Waals surface area (Å²) in [5.41, 5.74) is 4.63. The SMILES string of the molecule is O=C(Cc1cncs1)N1CCc2c(cccc2Nc2ccc(C(F)(F)F)cc2)C1. The summed E-state index contributed by atoms with van der Waals surface area (Å²) >= 11 is 1.47. The standard InChI is InChI=1S/C21H18F3N3OS/c22-21(23,24)15-4-6-16(7-5-15)26-19-3-1-2-14-12-27(9-8-18(14)19)20(28)10-17-11-25-13-29-17/h1-7,11,13,26H,8-10,12H2. The Morgan fingerprint density at radius 3 is 2.66 bits per heavy atom. The van der Waals surface area contributed by atoms with Gasteiger partial charge < -0.3 is 10.2 Å². The Kier molecular flexibility index (Phi) is 5.27. The molecule has 1 amide bonds. The van der Waals surface area contributed by atoms with Gasteiger partial charge in [-0.1, -0.05) is 12.1 Å². The molecule has 0 saturated heterocycles. The minimum absolute atomic E-state index is 0.0704. The van der Waals surface area contributed by atoms with E-state index in [1.807, 2.05) is 23.1 Å². The predicted molar refractivity (Wildman–Crippen MR) is 106 cm³/mol. The van der Waals surface area contributed by atoms with Crippen LogP contribution in [-0.4, -0.2) is 22.3 Å². The molecule has 0 aliphatic carbocycles. The number of amides is 1. The number of carbonyl (C=O) groups is 1. The maximum atomic E-state index is 12.7. The van der Waals surface area contributed by atoms with Gasteiger partial charge in [-0.05, 0) is 47.9 Å². The lowest BCUT2D eigenvalue weighted by Crippen LogP contribution is -2.37. The van der Waals surface area contributed by atoms with E-state index in [2.05, 4.69) is 10.3 Å². The van der Waals surface area contributed by atoms with Crippen LogP contribution in [0.5, 0.6) is 0 Å². The molecule has 0 saturated carbocycles. The number of aromatic nitrogens is 1. The fourth-order valence-corrected chi connectivity index (χ4v) is 4.01. The second-order valence-corrected chi connectivity index (χ2v) is 7.82. The lowest BCUT2D eigenvalue weighted by atomic mass is 9.97. The van der Waals surface area contributed by atoms with E-state index in [-0.39, 0.29) is 5.91 Å². The van der Waals surface area contributed by atoms with Gasteiger partial charge in [0.15, 0.2) is 0 Å². The zero-order valence-electron chi connectivity index (χ0n) is 15.4. The van der Waals surface area contributed by atoms with Crippen molar-refractivity contribution >= 4 is 28.6 Å². The minimum atomic E-state index is -4.35. The molecule has 29 heavy (non-hydrogen) atoms. The molecule has 8 heteroatoms. The van der Waals surface area contributed by atoms with Gasteiger partial charge in [-0.2, -0.15) is 13.2 Å². The normalized spacial score (nSPS) is 13.8. The van der Waals surface area contributed by atoms with Crippen LogP contribution in [0.25, 0.3) is 0 Å². The molecule has 1 aromatic heterocycles. The van der Waals surface area contributed by atoms with Crippen LogP contribution < -0.4 is 5.32 Å². The van der Waals surface area contributed by atoms with Gasteiger partial charge in [0.1, 0.15) is 0 Å². The van der Waals surface area contributed by atoms with E-state index in [4.69, 9.17) is 0 Å². The maximum Gasteiger partial charge on any atom is 0.416 e. The highest BCUT2D eigenvalue weighted by molar-refractivity contribution is 7.09. The lowest BCUT2D eigenvalue weighted by molar-refractivity contribution is -0.137. The van der Waals surface area contributed by atoms with E-state index >= 15 is 0 Å².